The number of nitrogens with two attached hydrogens (primary N) is 1. The van der Waals surface area contributed by atoms with Gasteiger partial charge < -0.3 is 10.5 Å². The Balaban J connectivity index is 0. The van der Waals surface area contributed by atoms with Crippen LogP contribution in [0.2, 0.25) is 0 Å². The molecule has 0 bridgehead atoms. The Bertz CT molecular complexity index is 240. The van der Waals surface area contributed by atoms with Gasteiger partial charge in [-0.05, 0) is 18.8 Å². The van der Waals surface area contributed by atoms with Crippen LogP contribution in [0.15, 0.2) is 0 Å². The zero-order valence-corrected chi connectivity index (χ0v) is 9.22. The third-order valence-electron chi connectivity index (χ3n) is 0.778. The van der Waals surface area contributed by atoms with Crippen molar-refractivity contribution >= 4 is 22.9 Å². The lowest BCUT2D eigenvalue weighted by atomic mass is 10.2. The van der Waals surface area contributed by atoms with Crippen LogP contribution in [0.1, 0.15) is 20.8 Å². The van der Waals surface area contributed by atoms with Gasteiger partial charge in [0.2, 0.25) is 0 Å². The second kappa shape index (κ2) is 9.87. The molecule has 0 radical (unpaired) electrons. The van der Waals surface area contributed by atoms with Crippen molar-refractivity contribution in [3.8, 4) is 11.8 Å². The lowest BCUT2D eigenvalue weighted by Gasteiger charge is -2.00. The largest absolute Gasteiger partial charge is 0.453 e. The monoisotopic (exact) mass is 219 g/mol. The number of carbonyl (C=O) groups is 2. The van der Waals surface area contributed by atoms with Crippen LogP contribution in [0, 0.1) is 17.8 Å². The number of amides is 1. The summed E-state index contributed by atoms with van der Waals surface area (Å²) >= 11 is 4.86. The number of carbonyl (C=O) groups excluding carboxylic acids is 2. The first-order valence-corrected chi connectivity index (χ1v) is 4.32. The SMILES string of the molecule is CC#CC(N)=O.CC(C)COC(=O)Cl. The van der Waals surface area contributed by atoms with Crippen LogP contribution in [0.5, 0.6) is 0 Å². The molecule has 0 unspecified atom stereocenters. The zero-order valence-electron chi connectivity index (χ0n) is 8.46. The summed E-state index contributed by atoms with van der Waals surface area (Å²) in [6, 6.07) is 0. The van der Waals surface area contributed by atoms with Gasteiger partial charge in [0.05, 0.1) is 6.61 Å². The van der Waals surface area contributed by atoms with Crippen LogP contribution in [0.25, 0.3) is 0 Å². The minimum Gasteiger partial charge on any atom is -0.453 e. The molecule has 2 N–H and O–H groups in total. The van der Waals surface area contributed by atoms with Gasteiger partial charge in [-0.3, -0.25) is 4.79 Å². The molecule has 1 amide bonds. The van der Waals surface area contributed by atoms with E-state index in [0.29, 0.717) is 12.5 Å². The quantitative estimate of drug-likeness (QED) is 0.566. The van der Waals surface area contributed by atoms with Crippen molar-refractivity contribution in [3.63, 3.8) is 0 Å². The van der Waals surface area contributed by atoms with Gasteiger partial charge in [-0.25, -0.2) is 4.79 Å². The number of primary amides is 1. The van der Waals surface area contributed by atoms with Crippen LogP contribution in [0.3, 0.4) is 0 Å². The molecular formula is C9H14ClNO3. The summed E-state index contributed by atoms with van der Waals surface area (Å²) in [4.78, 5) is 19.5. The molecule has 0 aromatic rings. The summed E-state index contributed by atoms with van der Waals surface area (Å²) in [5, 5.41) is 0. The lowest BCUT2D eigenvalue weighted by Crippen LogP contribution is -2.05. The van der Waals surface area contributed by atoms with E-state index in [1.165, 1.54) is 0 Å². The molecule has 0 fully saturated rings. The summed E-state index contributed by atoms with van der Waals surface area (Å²) in [6.07, 6.45) is 0. The van der Waals surface area contributed by atoms with Gasteiger partial charge in [0.25, 0.3) is 5.91 Å². The lowest BCUT2D eigenvalue weighted by molar-refractivity contribution is -0.112. The fraction of sp³-hybridized carbons (Fsp3) is 0.556. The molecule has 0 saturated heterocycles. The van der Waals surface area contributed by atoms with Crippen molar-refractivity contribution in [1.29, 1.82) is 0 Å². The molecule has 4 nitrogen and oxygen atoms in total. The first kappa shape index (κ1) is 15.3. The minimum absolute atomic E-state index is 0.359. The molecule has 0 aliphatic rings. The van der Waals surface area contributed by atoms with E-state index in [1.54, 1.807) is 6.92 Å². The fourth-order valence-electron chi connectivity index (χ4n) is 0.355. The van der Waals surface area contributed by atoms with Gasteiger partial charge in [-0.1, -0.05) is 19.8 Å². The van der Waals surface area contributed by atoms with Crippen LogP contribution in [-0.2, 0) is 9.53 Å². The highest BCUT2D eigenvalue weighted by Gasteiger charge is 1.96. The van der Waals surface area contributed by atoms with Crippen LogP contribution in [-0.4, -0.2) is 17.9 Å². The molecule has 0 aliphatic heterocycles. The highest BCUT2D eigenvalue weighted by atomic mass is 35.5. The molecule has 0 rings (SSSR count). The van der Waals surface area contributed by atoms with Crippen molar-refractivity contribution < 1.29 is 14.3 Å². The molecule has 0 aromatic carbocycles. The van der Waals surface area contributed by atoms with E-state index in [4.69, 9.17) is 11.6 Å². The van der Waals surface area contributed by atoms with Gasteiger partial charge in [0.15, 0.2) is 0 Å². The Labute approximate surface area is 88.7 Å². The van der Waals surface area contributed by atoms with E-state index in [9.17, 15) is 9.59 Å². The van der Waals surface area contributed by atoms with E-state index >= 15 is 0 Å². The maximum absolute atomic E-state index is 9.89. The average Bonchev–Trinajstić information content (AvgIpc) is 2.01. The smallest absolute Gasteiger partial charge is 0.403 e. The van der Waals surface area contributed by atoms with Crippen LogP contribution >= 0.6 is 11.6 Å². The van der Waals surface area contributed by atoms with E-state index in [0.717, 1.165) is 0 Å². The Morgan fingerprint density at radius 1 is 1.50 bits per heavy atom. The third-order valence-corrected chi connectivity index (χ3v) is 0.887. The maximum Gasteiger partial charge on any atom is 0.403 e. The molecule has 80 valence electrons. The Hall–Kier alpha value is -1.21. The van der Waals surface area contributed by atoms with Crippen LogP contribution < -0.4 is 5.73 Å². The van der Waals surface area contributed by atoms with E-state index in [-0.39, 0.29) is 0 Å². The number of rotatable bonds is 2. The Morgan fingerprint density at radius 2 is 2.00 bits per heavy atom. The number of hydrogen-bond acceptors (Lipinski definition) is 3. The van der Waals surface area contributed by atoms with Crippen molar-refractivity contribution in [2.24, 2.45) is 11.7 Å². The molecule has 0 atom stereocenters. The third kappa shape index (κ3) is 22.4. The van der Waals surface area contributed by atoms with Gasteiger partial charge >= 0.3 is 5.43 Å². The molecule has 0 heterocycles. The minimum atomic E-state index is -0.723. The van der Waals surface area contributed by atoms with Crippen molar-refractivity contribution in [1.82, 2.24) is 0 Å². The molecular weight excluding hydrogens is 206 g/mol. The highest BCUT2D eigenvalue weighted by molar-refractivity contribution is 6.61. The topological polar surface area (TPSA) is 69.4 Å². The van der Waals surface area contributed by atoms with E-state index < -0.39 is 11.3 Å². The van der Waals surface area contributed by atoms with Crippen LogP contribution in [0.4, 0.5) is 4.79 Å². The normalized spacial score (nSPS) is 7.79. The molecule has 14 heavy (non-hydrogen) atoms. The number of hydrogen-bond donors (Lipinski definition) is 1. The highest BCUT2D eigenvalue weighted by Crippen LogP contribution is 1.94. The molecule has 0 aliphatic carbocycles. The molecule has 0 saturated carbocycles. The first-order chi connectivity index (χ1) is 6.40. The Kier molecular flexibility index (Phi) is 10.8. The van der Waals surface area contributed by atoms with Crippen molar-refractivity contribution in [2.75, 3.05) is 6.61 Å². The van der Waals surface area contributed by atoms with E-state index in [1.807, 2.05) is 13.8 Å². The van der Waals surface area contributed by atoms with Crippen molar-refractivity contribution in [3.05, 3.63) is 0 Å². The number of halogens is 1. The van der Waals surface area contributed by atoms with Gasteiger partial charge in [-0.2, -0.15) is 0 Å². The molecule has 0 spiro atoms. The summed E-state index contributed by atoms with van der Waals surface area (Å²) in [7, 11) is 0. The first-order valence-electron chi connectivity index (χ1n) is 3.94. The van der Waals surface area contributed by atoms with Gasteiger partial charge in [0.1, 0.15) is 0 Å². The maximum atomic E-state index is 9.89. The number of ether oxygens (including phenoxy) is 1. The summed E-state index contributed by atoms with van der Waals surface area (Å²) in [6.45, 7) is 5.85. The summed E-state index contributed by atoms with van der Waals surface area (Å²) < 4.78 is 4.43. The Morgan fingerprint density at radius 3 is 2.07 bits per heavy atom. The average molecular weight is 220 g/mol. The van der Waals surface area contributed by atoms with Crippen molar-refractivity contribution in [2.45, 2.75) is 20.8 Å². The molecule has 0 aromatic heterocycles. The van der Waals surface area contributed by atoms with Gasteiger partial charge in [0, 0.05) is 11.6 Å². The summed E-state index contributed by atoms with van der Waals surface area (Å²) in [5.74, 6) is 4.23. The second-order valence-electron chi connectivity index (χ2n) is 2.68. The standard InChI is InChI=1S/C5H9ClO2.C4H5NO/c1-4(2)3-8-5(6)7;1-2-3-4(5)6/h4H,3H2,1-2H3;1H3,(H2,5,6). The zero-order chi connectivity index (χ0) is 11.6. The second-order valence-corrected chi connectivity index (χ2v) is 2.99. The summed E-state index contributed by atoms with van der Waals surface area (Å²) in [5.41, 5.74) is 3.87. The predicted molar refractivity (Wildman–Crippen MR) is 54.7 cm³/mol. The molecule has 5 heteroatoms. The van der Waals surface area contributed by atoms with Gasteiger partial charge in [-0.15, -0.1) is 0 Å². The van der Waals surface area contributed by atoms with E-state index in [2.05, 4.69) is 22.3 Å². The predicted octanol–water partition coefficient (Wildman–Crippen LogP) is 1.51. The fourth-order valence-corrected chi connectivity index (χ4v) is 0.418.